The van der Waals surface area contributed by atoms with Gasteiger partial charge in [0.25, 0.3) is 0 Å². The van der Waals surface area contributed by atoms with Crippen LogP contribution in [0, 0.1) is 5.92 Å². The van der Waals surface area contributed by atoms with Gasteiger partial charge in [-0.2, -0.15) is 0 Å². The van der Waals surface area contributed by atoms with Crippen molar-refractivity contribution in [3.05, 3.63) is 23.8 Å². The quantitative estimate of drug-likeness (QED) is 0.604. The van der Waals surface area contributed by atoms with Gasteiger partial charge in [0.1, 0.15) is 11.5 Å². The molecule has 1 aromatic rings. The molecule has 4 heteroatoms. The molecule has 2 N–H and O–H groups in total. The molecule has 4 nitrogen and oxygen atoms in total. The summed E-state index contributed by atoms with van der Waals surface area (Å²) < 4.78 is 4.90. The summed E-state index contributed by atoms with van der Waals surface area (Å²) in [4.78, 5) is 11.4. The molecule has 0 spiro atoms. The molecular formula is C12H14O4. The van der Waals surface area contributed by atoms with Gasteiger partial charge in [-0.1, -0.05) is 0 Å². The summed E-state index contributed by atoms with van der Waals surface area (Å²) in [6.07, 6.45) is 0.676. The van der Waals surface area contributed by atoms with Gasteiger partial charge in [0.2, 0.25) is 0 Å². The molecule has 86 valence electrons. The first-order valence-electron chi connectivity index (χ1n) is 5.32. The Morgan fingerprint density at radius 1 is 1.50 bits per heavy atom. The number of carbonyl (C=O) groups excluding carboxylic acids is 1. The minimum Gasteiger partial charge on any atom is -0.508 e. The number of carbonyl (C=O) groups is 1. The smallest absolute Gasteiger partial charge is 0.309 e. The zero-order valence-electron chi connectivity index (χ0n) is 9.01. The molecule has 0 aliphatic heterocycles. The number of aromatic hydroxyl groups is 2. The molecule has 2 atom stereocenters. The lowest BCUT2D eigenvalue weighted by atomic mass is 10.1. The number of ether oxygens (including phenoxy) is 1. The predicted octanol–water partition coefficient (Wildman–Crippen LogP) is 1.76. The van der Waals surface area contributed by atoms with Crippen LogP contribution in [0.4, 0.5) is 0 Å². The van der Waals surface area contributed by atoms with E-state index in [9.17, 15) is 15.0 Å². The molecule has 2 rings (SSSR count). The van der Waals surface area contributed by atoms with Crippen LogP contribution in [0.2, 0.25) is 0 Å². The van der Waals surface area contributed by atoms with E-state index in [1.165, 1.54) is 18.2 Å². The zero-order valence-corrected chi connectivity index (χ0v) is 9.01. The fraction of sp³-hybridized carbons (Fsp3) is 0.417. The van der Waals surface area contributed by atoms with Crippen LogP contribution < -0.4 is 0 Å². The molecule has 0 aromatic heterocycles. The highest BCUT2D eigenvalue weighted by molar-refractivity contribution is 5.77. The van der Waals surface area contributed by atoms with Crippen LogP contribution in [0.3, 0.4) is 0 Å². The minimum atomic E-state index is -0.227. The fourth-order valence-electron chi connectivity index (χ4n) is 1.89. The van der Waals surface area contributed by atoms with Gasteiger partial charge in [0, 0.05) is 11.5 Å². The van der Waals surface area contributed by atoms with Gasteiger partial charge < -0.3 is 14.9 Å². The van der Waals surface area contributed by atoms with Crippen molar-refractivity contribution in [2.45, 2.75) is 19.3 Å². The van der Waals surface area contributed by atoms with Crippen molar-refractivity contribution in [2.75, 3.05) is 6.61 Å². The van der Waals surface area contributed by atoms with Crippen LogP contribution in [0.15, 0.2) is 18.2 Å². The second kappa shape index (κ2) is 4.04. The monoisotopic (exact) mass is 222 g/mol. The molecule has 0 bridgehead atoms. The Hall–Kier alpha value is -1.71. The maximum absolute atomic E-state index is 11.4. The number of benzene rings is 1. The van der Waals surface area contributed by atoms with Crippen LogP contribution in [0.1, 0.15) is 24.8 Å². The molecule has 0 heterocycles. The number of rotatable bonds is 3. The predicted molar refractivity (Wildman–Crippen MR) is 57.3 cm³/mol. The molecule has 16 heavy (non-hydrogen) atoms. The summed E-state index contributed by atoms with van der Waals surface area (Å²) in [6.45, 7) is 2.13. The Bertz CT molecular complexity index is 413. The Morgan fingerprint density at radius 2 is 2.25 bits per heavy atom. The number of hydrogen-bond acceptors (Lipinski definition) is 4. The molecule has 0 radical (unpaired) electrons. The molecule has 1 aromatic carbocycles. The Labute approximate surface area is 93.5 Å². The third-order valence-corrected chi connectivity index (χ3v) is 2.79. The van der Waals surface area contributed by atoms with Crippen LogP contribution in [-0.4, -0.2) is 22.8 Å². The van der Waals surface area contributed by atoms with Gasteiger partial charge in [-0.3, -0.25) is 4.79 Å². The van der Waals surface area contributed by atoms with E-state index >= 15 is 0 Å². The van der Waals surface area contributed by atoms with Crippen LogP contribution in [-0.2, 0) is 9.53 Å². The normalized spacial score (nSPS) is 22.8. The zero-order chi connectivity index (χ0) is 11.7. The molecule has 1 fully saturated rings. The maximum Gasteiger partial charge on any atom is 0.309 e. The van der Waals surface area contributed by atoms with Crippen molar-refractivity contribution in [1.29, 1.82) is 0 Å². The molecule has 1 aliphatic rings. The second-order valence-electron chi connectivity index (χ2n) is 3.94. The van der Waals surface area contributed by atoms with E-state index in [0.717, 1.165) is 0 Å². The van der Waals surface area contributed by atoms with E-state index in [2.05, 4.69) is 0 Å². The van der Waals surface area contributed by atoms with Crippen molar-refractivity contribution < 1.29 is 19.7 Å². The summed E-state index contributed by atoms with van der Waals surface area (Å²) in [5, 5.41) is 18.9. The van der Waals surface area contributed by atoms with Crippen molar-refractivity contribution in [3.63, 3.8) is 0 Å². The van der Waals surface area contributed by atoms with E-state index in [-0.39, 0.29) is 29.3 Å². The standard InChI is InChI=1S/C12H14O4/c1-2-16-12(15)10-6-8(10)9-5-7(13)3-4-11(9)14/h3-5,8,10,13-14H,2,6H2,1H3/t8-,10?/m1/s1. The van der Waals surface area contributed by atoms with Crippen LogP contribution in [0.5, 0.6) is 11.5 Å². The average molecular weight is 222 g/mol. The van der Waals surface area contributed by atoms with Crippen molar-refractivity contribution in [3.8, 4) is 11.5 Å². The molecule has 0 saturated heterocycles. The van der Waals surface area contributed by atoms with Crippen molar-refractivity contribution >= 4 is 5.97 Å². The van der Waals surface area contributed by atoms with Gasteiger partial charge in [0.15, 0.2) is 0 Å². The van der Waals surface area contributed by atoms with Crippen LogP contribution >= 0.6 is 0 Å². The van der Waals surface area contributed by atoms with E-state index in [1.807, 2.05) is 0 Å². The van der Waals surface area contributed by atoms with E-state index in [0.29, 0.717) is 18.6 Å². The van der Waals surface area contributed by atoms with Crippen molar-refractivity contribution in [2.24, 2.45) is 5.92 Å². The highest BCUT2D eigenvalue weighted by Crippen LogP contribution is 2.51. The van der Waals surface area contributed by atoms with Gasteiger partial charge in [-0.15, -0.1) is 0 Å². The highest BCUT2D eigenvalue weighted by Gasteiger charge is 2.46. The summed E-state index contributed by atoms with van der Waals surface area (Å²) in [6, 6.07) is 4.35. The summed E-state index contributed by atoms with van der Waals surface area (Å²) in [7, 11) is 0. The molecule has 1 saturated carbocycles. The Kier molecular flexibility index (Phi) is 2.73. The van der Waals surface area contributed by atoms with E-state index < -0.39 is 0 Å². The molecular weight excluding hydrogens is 208 g/mol. The summed E-state index contributed by atoms with van der Waals surface area (Å²) in [5.74, 6) is -0.203. The Morgan fingerprint density at radius 3 is 2.94 bits per heavy atom. The van der Waals surface area contributed by atoms with E-state index in [1.54, 1.807) is 6.92 Å². The van der Waals surface area contributed by atoms with Gasteiger partial charge >= 0.3 is 5.97 Å². The summed E-state index contributed by atoms with van der Waals surface area (Å²) in [5.41, 5.74) is 0.623. The Balaban J connectivity index is 2.11. The highest BCUT2D eigenvalue weighted by atomic mass is 16.5. The molecule has 1 unspecified atom stereocenters. The summed E-state index contributed by atoms with van der Waals surface area (Å²) >= 11 is 0. The lowest BCUT2D eigenvalue weighted by molar-refractivity contribution is -0.144. The number of hydrogen-bond donors (Lipinski definition) is 2. The SMILES string of the molecule is CCOC(=O)C1C[C@@H]1c1cc(O)ccc1O. The molecule has 1 aliphatic carbocycles. The van der Waals surface area contributed by atoms with Gasteiger partial charge in [-0.25, -0.2) is 0 Å². The van der Waals surface area contributed by atoms with E-state index in [4.69, 9.17) is 4.74 Å². The molecule has 0 amide bonds. The number of phenolic OH excluding ortho intramolecular Hbond substituents is 2. The first-order valence-corrected chi connectivity index (χ1v) is 5.32. The van der Waals surface area contributed by atoms with Crippen LogP contribution in [0.25, 0.3) is 0 Å². The lowest BCUT2D eigenvalue weighted by Gasteiger charge is -2.04. The average Bonchev–Trinajstić information content (AvgIpc) is 3.02. The topological polar surface area (TPSA) is 66.8 Å². The third kappa shape index (κ3) is 1.96. The van der Waals surface area contributed by atoms with Gasteiger partial charge in [-0.05, 0) is 31.5 Å². The largest absolute Gasteiger partial charge is 0.508 e. The first kappa shape index (κ1) is 10.8. The number of esters is 1. The number of phenols is 2. The second-order valence-corrected chi connectivity index (χ2v) is 3.94. The van der Waals surface area contributed by atoms with Crippen molar-refractivity contribution in [1.82, 2.24) is 0 Å². The van der Waals surface area contributed by atoms with Gasteiger partial charge in [0.05, 0.1) is 12.5 Å². The first-order chi connectivity index (χ1) is 7.63. The minimum absolute atomic E-state index is 0.0221. The fourth-order valence-corrected chi connectivity index (χ4v) is 1.89. The maximum atomic E-state index is 11.4. The third-order valence-electron chi connectivity index (χ3n) is 2.79. The lowest BCUT2D eigenvalue weighted by Crippen LogP contribution is -2.07.